The summed E-state index contributed by atoms with van der Waals surface area (Å²) in [5.41, 5.74) is 0.932. The number of halogens is 2. The molecular formula is C9H13BrClNO. The Labute approximate surface area is 91.8 Å². The molecule has 0 aliphatic rings. The molecule has 1 aromatic heterocycles. The van der Waals surface area contributed by atoms with Gasteiger partial charge in [-0.3, -0.25) is 0 Å². The third-order valence-electron chi connectivity index (χ3n) is 1.89. The summed E-state index contributed by atoms with van der Waals surface area (Å²) < 4.78 is 5.72. The molecule has 1 rings (SSSR count). The van der Waals surface area contributed by atoms with E-state index in [2.05, 4.69) is 27.8 Å². The maximum Gasteiger partial charge on any atom is 0.293 e. The van der Waals surface area contributed by atoms with Crippen LogP contribution in [0.25, 0.3) is 0 Å². The lowest BCUT2D eigenvalue weighted by Gasteiger charge is -1.95. The Morgan fingerprint density at radius 1 is 1.38 bits per heavy atom. The van der Waals surface area contributed by atoms with E-state index in [1.807, 2.05) is 0 Å². The minimum Gasteiger partial charge on any atom is -0.420 e. The van der Waals surface area contributed by atoms with Gasteiger partial charge in [0.2, 0.25) is 0 Å². The van der Waals surface area contributed by atoms with Gasteiger partial charge in [-0.25, -0.2) is 4.98 Å². The molecule has 13 heavy (non-hydrogen) atoms. The molecule has 74 valence electrons. The molecule has 0 unspecified atom stereocenters. The minimum atomic E-state index is 0.220. The van der Waals surface area contributed by atoms with Crippen LogP contribution in [-0.4, -0.2) is 4.98 Å². The van der Waals surface area contributed by atoms with Gasteiger partial charge in [-0.2, -0.15) is 0 Å². The van der Waals surface area contributed by atoms with Crippen molar-refractivity contribution in [3.63, 3.8) is 0 Å². The lowest BCUT2D eigenvalue weighted by atomic mass is 10.1. The highest BCUT2D eigenvalue weighted by Crippen LogP contribution is 2.22. The van der Waals surface area contributed by atoms with Gasteiger partial charge in [-0.05, 0) is 40.4 Å². The van der Waals surface area contributed by atoms with Crippen molar-refractivity contribution in [1.82, 2.24) is 4.98 Å². The van der Waals surface area contributed by atoms with Crippen molar-refractivity contribution in [2.45, 2.75) is 39.0 Å². The summed E-state index contributed by atoms with van der Waals surface area (Å²) in [7, 11) is 0. The first-order chi connectivity index (χ1) is 6.24. The van der Waals surface area contributed by atoms with E-state index in [1.165, 1.54) is 19.3 Å². The zero-order chi connectivity index (χ0) is 9.68. The topological polar surface area (TPSA) is 26.0 Å². The van der Waals surface area contributed by atoms with Gasteiger partial charge in [0.05, 0.1) is 5.69 Å². The van der Waals surface area contributed by atoms with Crippen molar-refractivity contribution in [3.05, 3.63) is 15.7 Å². The van der Waals surface area contributed by atoms with Crippen LogP contribution in [0, 0.1) is 0 Å². The molecule has 4 heteroatoms. The molecule has 0 spiro atoms. The molecule has 0 bridgehead atoms. The van der Waals surface area contributed by atoms with Crippen LogP contribution in [0.1, 0.15) is 38.3 Å². The van der Waals surface area contributed by atoms with Crippen molar-refractivity contribution in [2.24, 2.45) is 0 Å². The molecule has 0 saturated heterocycles. The van der Waals surface area contributed by atoms with Gasteiger partial charge in [-0.15, -0.1) is 0 Å². The van der Waals surface area contributed by atoms with E-state index < -0.39 is 0 Å². The molecule has 0 N–H and O–H groups in total. The summed E-state index contributed by atoms with van der Waals surface area (Å²) >= 11 is 8.87. The van der Waals surface area contributed by atoms with E-state index in [-0.39, 0.29) is 5.35 Å². The molecule has 1 aromatic rings. The Morgan fingerprint density at radius 3 is 2.69 bits per heavy atom. The van der Waals surface area contributed by atoms with Gasteiger partial charge in [0.15, 0.2) is 4.67 Å². The van der Waals surface area contributed by atoms with Crippen LogP contribution in [0.4, 0.5) is 0 Å². The fourth-order valence-electron chi connectivity index (χ4n) is 1.18. The van der Waals surface area contributed by atoms with Crippen molar-refractivity contribution in [1.29, 1.82) is 0 Å². The monoisotopic (exact) mass is 265 g/mol. The van der Waals surface area contributed by atoms with E-state index in [0.717, 1.165) is 18.5 Å². The lowest BCUT2D eigenvalue weighted by molar-refractivity contribution is 0.532. The number of oxazole rings is 1. The summed E-state index contributed by atoms with van der Waals surface area (Å²) in [6.07, 6.45) is 5.86. The molecule has 1 heterocycles. The highest BCUT2D eigenvalue weighted by molar-refractivity contribution is 9.10. The van der Waals surface area contributed by atoms with Gasteiger partial charge in [0, 0.05) is 0 Å². The average Bonchev–Trinajstić information content (AvgIpc) is 2.39. The molecular weight excluding hydrogens is 253 g/mol. The quantitative estimate of drug-likeness (QED) is 0.746. The first-order valence-electron chi connectivity index (χ1n) is 4.54. The molecule has 2 nitrogen and oxygen atoms in total. The van der Waals surface area contributed by atoms with Crippen LogP contribution in [0.2, 0.25) is 5.35 Å². The number of rotatable bonds is 5. The molecule has 0 aliphatic carbocycles. The smallest absolute Gasteiger partial charge is 0.293 e. The van der Waals surface area contributed by atoms with Gasteiger partial charge in [0.1, 0.15) is 0 Å². The molecule has 0 saturated carbocycles. The third-order valence-corrected chi connectivity index (χ3v) is 2.67. The summed E-state index contributed by atoms with van der Waals surface area (Å²) in [6.45, 7) is 2.20. The Balaban J connectivity index is 2.32. The highest BCUT2D eigenvalue weighted by Gasteiger charge is 2.07. The molecule has 0 fully saturated rings. The fourth-order valence-corrected chi connectivity index (χ4v) is 1.89. The highest BCUT2D eigenvalue weighted by atomic mass is 79.9. The number of aromatic nitrogens is 1. The Morgan fingerprint density at radius 2 is 2.15 bits per heavy atom. The molecule has 0 radical (unpaired) electrons. The SMILES string of the molecule is CCCCCCc1nc(Cl)oc1Br. The standard InChI is InChI=1S/C9H13BrClNO/c1-2-3-4-5-6-7-8(10)13-9(11)12-7/h2-6H2,1H3. The normalized spacial score (nSPS) is 10.7. The third kappa shape index (κ3) is 3.69. The van der Waals surface area contributed by atoms with Gasteiger partial charge in [-0.1, -0.05) is 26.2 Å². The average molecular weight is 267 g/mol. The Kier molecular flexibility index (Phi) is 4.81. The van der Waals surface area contributed by atoms with E-state index in [0.29, 0.717) is 4.67 Å². The minimum absolute atomic E-state index is 0.220. The van der Waals surface area contributed by atoms with Crippen LogP contribution in [0.5, 0.6) is 0 Å². The first kappa shape index (κ1) is 11.1. The molecule has 0 atom stereocenters. The molecule has 0 aliphatic heterocycles. The maximum absolute atomic E-state index is 5.60. The van der Waals surface area contributed by atoms with E-state index >= 15 is 0 Å². The van der Waals surface area contributed by atoms with Gasteiger partial charge < -0.3 is 4.42 Å². The number of hydrogen-bond donors (Lipinski definition) is 0. The Bertz CT molecular complexity index is 262. The van der Waals surface area contributed by atoms with Crippen LogP contribution in [0.3, 0.4) is 0 Å². The van der Waals surface area contributed by atoms with E-state index in [9.17, 15) is 0 Å². The van der Waals surface area contributed by atoms with Crippen molar-refractivity contribution in [3.8, 4) is 0 Å². The summed E-state index contributed by atoms with van der Waals surface area (Å²) in [4.78, 5) is 4.06. The number of nitrogens with zero attached hydrogens (tertiary/aromatic N) is 1. The number of unbranched alkanes of at least 4 members (excludes halogenated alkanes) is 3. The van der Waals surface area contributed by atoms with Crippen LogP contribution in [-0.2, 0) is 6.42 Å². The second-order valence-electron chi connectivity index (χ2n) is 3.00. The fraction of sp³-hybridized carbons (Fsp3) is 0.667. The van der Waals surface area contributed by atoms with Crippen LogP contribution < -0.4 is 0 Å². The van der Waals surface area contributed by atoms with Gasteiger partial charge >= 0.3 is 0 Å². The van der Waals surface area contributed by atoms with Crippen LogP contribution >= 0.6 is 27.5 Å². The van der Waals surface area contributed by atoms with Gasteiger partial charge in [0.25, 0.3) is 5.35 Å². The van der Waals surface area contributed by atoms with Crippen molar-refractivity contribution >= 4 is 27.5 Å². The lowest BCUT2D eigenvalue weighted by Crippen LogP contribution is -1.86. The second-order valence-corrected chi connectivity index (χ2v) is 4.04. The second kappa shape index (κ2) is 5.66. The number of hydrogen-bond acceptors (Lipinski definition) is 2. The number of aryl methyl sites for hydroxylation is 1. The molecule has 0 aromatic carbocycles. The predicted octanol–water partition coefficient (Wildman–Crippen LogP) is 4.21. The summed E-state index contributed by atoms with van der Waals surface area (Å²) in [5, 5.41) is 0.220. The maximum atomic E-state index is 5.60. The predicted molar refractivity (Wildman–Crippen MR) is 57.1 cm³/mol. The van der Waals surface area contributed by atoms with Crippen LogP contribution in [0.15, 0.2) is 9.09 Å². The summed E-state index contributed by atoms with van der Waals surface area (Å²) in [6, 6.07) is 0. The van der Waals surface area contributed by atoms with E-state index in [4.69, 9.17) is 16.0 Å². The largest absolute Gasteiger partial charge is 0.420 e. The van der Waals surface area contributed by atoms with E-state index in [1.54, 1.807) is 0 Å². The van der Waals surface area contributed by atoms with Crippen molar-refractivity contribution < 1.29 is 4.42 Å². The zero-order valence-electron chi connectivity index (χ0n) is 7.65. The molecule has 0 amide bonds. The Hall–Kier alpha value is -0.0200. The zero-order valence-corrected chi connectivity index (χ0v) is 9.99. The first-order valence-corrected chi connectivity index (χ1v) is 5.72. The summed E-state index contributed by atoms with van der Waals surface area (Å²) in [5.74, 6) is 0. The van der Waals surface area contributed by atoms with Crippen molar-refractivity contribution in [2.75, 3.05) is 0 Å².